The SMILES string of the molecule is COc1ccc(C(=O)Oc2ccc(Br)cc2/C=C2\N=C(c3ccccc3Cl)OC2=O)cc1. The number of carbonyl (C=O) groups excluding carboxylic acids is 2. The van der Waals surface area contributed by atoms with Gasteiger partial charge in [-0.3, -0.25) is 0 Å². The molecule has 0 atom stereocenters. The number of benzene rings is 3. The lowest BCUT2D eigenvalue weighted by Gasteiger charge is -2.09. The molecule has 3 aromatic carbocycles. The number of aliphatic imine (C=N–C) groups is 1. The van der Waals surface area contributed by atoms with Gasteiger partial charge in [-0.2, -0.15) is 0 Å². The average Bonchev–Trinajstić information content (AvgIpc) is 3.15. The highest BCUT2D eigenvalue weighted by atomic mass is 79.9. The van der Waals surface area contributed by atoms with Gasteiger partial charge in [0, 0.05) is 10.0 Å². The first kappa shape index (κ1) is 21.8. The highest BCUT2D eigenvalue weighted by molar-refractivity contribution is 9.10. The second-order valence-corrected chi connectivity index (χ2v) is 7.94. The van der Waals surface area contributed by atoms with Crippen molar-refractivity contribution in [3.8, 4) is 11.5 Å². The molecule has 0 radical (unpaired) electrons. The van der Waals surface area contributed by atoms with Gasteiger partial charge in [0.15, 0.2) is 5.70 Å². The summed E-state index contributed by atoms with van der Waals surface area (Å²) in [6.45, 7) is 0. The number of esters is 2. The van der Waals surface area contributed by atoms with Crippen LogP contribution in [0.5, 0.6) is 11.5 Å². The van der Waals surface area contributed by atoms with Crippen molar-refractivity contribution in [1.82, 2.24) is 0 Å². The van der Waals surface area contributed by atoms with Crippen LogP contribution in [-0.4, -0.2) is 24.9 Å². The van der Waals surface area contributed by atoms with Gasteiger partial charge in [0.05, 0.1) is 23.3 Å². The van der Waals surface area contributed by atoms with E-state index in [4.69, 9.17) is 25.8 Å². The fraction of sp³-hybridized carbons (Fsp3) is 0.0417. The quantitative estimate of drug-likeness (QED) is 0.250. The average molecular weight is 513 g/mol. The maximum absolute atomic E-state index is 12.6. The fourth-order valence-electron chi connectivity index (χ4n) is 2.92. The predicted molar refractivity (Wildman–Crippen MR) is 124 cm³/mol. The van der Waals surface area contributed by atoms with Gasteiger partial charge in [-0.1, -0.05) is 39.7 Å². The van der Waals surface area contributed by atoms with Gasteiger partial charge < -0.3 is 14.2 Å². The monoisotopic (exact) mass is 511 g/mol. The first-order chi connectivity index (χ1) is 15.4. The Labute approximate surface area is 197 Å². The molecule has 0 aliphatic carbocycles. The molecule has 1 aliphatic rings. The van der Waals surface area contributed by atoms with Gasteiger partial charge in [0.25, 0.3) is 0 Å². The summed E-state index contributed by atoms with van der Waals surface area (Å²) >= 11 is 9.57. The Balaban J connectivity index is 1.64. The second kappa shape index (κ2) is 9.38. The van der Waals surface area contributed by atoms with Crippen molar-refractivity contribution in [3.63, 3.8) is 0 Å². The Morgan fingerprint density at radius 1 is 1.09 bits per heavy atom. The van der Waals surface area contributed by atoms with Crippen molar-refractivity contribution in [3.05, 3.63) is 98.6 Å². The van der Waals surface area contributed by atoms with E-state index < -0.39 is 11.9 Å². The molecule has 4 rings (SSSR count). The largest absolute Gasteiger partial charge is 0.497 e. The smallest absolute Gasteiger partial charge is 0.363 e. The molecule has 32 heavy (non-hydrogen) atoms. The molecule has 6 nitrogen and oxygen atoms in total. The third-order valence-electron chi connectivity index (χ3n) is 4.52. The summed E-state index contributed by atoms with van der Waals surface area (Å²) in [5.74, 6) is -0.187. The van der Waals surface area contributed by atoms with Gasteiger partial charge in [-0.05, 0) is 60.7 Å². The van der Waals surface area contributed by atoms with Crippen molar-refractivity contribution in [2.75, 3.05) is 7.11 Å². The highest BCUT2D eigenvalue weighted by Crippen LogP contribution is 2.29. The third-order valence-corrected chi connectivity index (χ3v) is 5.34. The molecule has 0 saturated heterocycles. The number of nitrogens with zero attached hydrogens (tertiary/aromatic N) is 1. The number of carbonyl (C=O) groups is 2. The maximum Gasteiger partial charge on any atom is 0.363 e. The molecule has 0 spiro atoms. The highest BCUT2D eigenvalue weighted by Gasteiger charge is 2.26. The van der Waals surface area contributed by atoms with Crippen molar-refractivity contribution in [2.45, 2.75) is 0 Å². The molecule has 0 aromatic heterocycles. The molecular formula is C24H15BrClNO5. The molecule has 1 heterocycles. The van der Waals surface area contributed by atoms with Crippen LogP contribution in [0.2, 0.25) is 5.02 Å². The number of hydrogen-bond acceptors (Lipinski definition) is 6. The molecule has 160 valence electrons. The van der Waals surface area contributed by atoms with Crippen molar-refractivity contribution in [1.29, 1.82) is 0 Å². The molecule has 1 aliphatic heterocycles. The van der Waals surface area contributed by atoms with E-state index in [0.717, 1.165) is 4.47 Å². The minimum atomic E-state index is -0.632. The summed E-state index contributed by atoms with van der Waals surface area (Å²) in [7, 11) is 1.54. The van der Waals surface area contributed by atoms with Gasteiger partial charge in [0.2, 0.25) is 5.90 Å². The number of hydrogen-bond donors (Lipinski definition) is 0. The first-order valence-electron chi connectivity index (χ1n) is 9.38. The molecule has 0 N–H and O–H groups in total. The van der Waals surface area contributed by atoms with Crippen LogP contribution in [0.25, 0.3) is 6.08 Å². The number of ether oxygens (including phenoxy) is 3. The predicted octanol–water partition coefficient (Wildman–Crippen LogP) is 5.67. The van der Waals surface area contributed by atoms with E-state index in [1.807, 2.05) is 0 Å². The Morgan fingerprint density at radius 3 is 2.56 bits per heavy atom. The van der Waals surface area contributed by atoms with Gasteiger partial charge in [-0.15, -0.1) is 0 Å². The lowest BCUT2D eigenvalue weighted by molar-refractivity contribution is -0.129. The molecule has 0 amide bonds. The Bertz CT molecular complexity index is 1270. The van der Waals surface area contributed by atoms with E-state index in [0.29, 0.717) is 27.5 Å². The van der Waals surface area contributed by atoms with Crippen LogP contribution in [0.4, 0.5) is 0 Å². The van der Waals surface area contributed by atoms with E-state index in [1.54, 1.807) is 73.8 Å². The minimum absolute atomic E-state index is 0.0553. The summed E-state index contributed by atoms with van der Waals surface area (Å²) in [4.78, 5) is 29.3. The molecule has 0 fully saturated rings. The Hall–Kier alpha value is -3.42. The van der Waals surface area contributed by atoms with Gasteiger partial charge >= 0.3 is 11.9 Å². The van der Waals surface area contributed by atoms with Crippen LogP contribution in [0.1, 0.15) is 21.5 Å². The molecule has 8 heteroatoms. The summed E-state index contributed by atoms with van der Waals surface area (Å²) in [5, 5.41) is 0.414. The lowest BCUT2D eigenvalue weighted by Crippen LogP contribution is -2.09. The van der Waals surface area contributed by atoms with Crippen LogP contribution in [0.3, 0.4) is 0 Å². The maximum atomic E-state index is 12.6. The van der Waals surface area contributed by atoms with Crippen LogP contribution in [0, 0.1) is 0 Å². The van der Waals surface area contributed by atoms with Crippen molar-refractivity contribution < 1.29 is 23.8 Å². The van der Waals surface area contributed by atoms with Crippen LogP contribution < -0.4 is 9.47 Å². The van der Waals surface area contributed by atoms with E-state index in [1.165, 1.54) is 6.08 Å². The Kier molecular flexibility index (Phi) is 6.39. The van der Waals surface area contributed by atoms with Crippen LogP contribution in [0.15, 0.2) is 81.9 Å². The zero-order chi connectivity index (χ0) is 22.7. The van der Waals surface area contributed by atoms with E-state index in [2.05, 4.69) is 20.9 Å². The van der Waals surface area contributed by atoms with E-state index in [-0.39, 0.29) is 17.3 Å². The number of methoxy groups -OCH3 is 1. The van der Waals surface area contributed by atoms with Gasteiger partial charge in [0.1, 0.15) is 11.5 Å². The first-order valence-corrected chi connectivity index (χ1v) is 10.5. The zero-order valence-corrected chi connectivity index (χ0v) is 19.0. The van der Waals surface area contributed by atoms with E-state index >= 15 is 0 Å². The normalized spacial score (nSPS) is 14.2. The van der Waals surface area contributed by atoms with Crippen molar-refractivity contribution >= 4 is 51.4 Å². The molecule has 3 aromatic rings. The third kappa shape index (κ3) is 4.74. The van der Waals surface area contributed by atoms with Crippen LogP contribution in [-0.2, 0) is 9.53 Å². The zero-order valence-electron chi connectivity index (χ0n) is 16.7. The van der Waals surface area contributed by atoms with Gasteiger partial charge in [-0.25, -0.2) is 14.6 Å². The minimum Gasteiger partial charge on any atom is -0.497 e. The molecule has 0 unspecified atom stereocenters. The molecule has 0 bridgehead atoms. The number of halogens is 2. The summed E-state index contributed by atoms with van der Waals surface area (Å²) in [6.07, 6.45) is 1.49. The summed E-state index contributed by atoms with van der Waals surface area (Å²) < 4.78 is 16.7. The molecular weight excluding hydrogens is 498 g/mol. The van der Waals surface area contributed by atoms with Crippen LogP contribution >= 0.6 is 27.5 Å². The number of cyclic esters (lactones) is 1. The summed E-state index contributed by atoms with van der Waals surface area (Å²) in [6, 6.07) is 18.5. The number of rotatable bonds is 5. The van der Waals surface area contributed by atoms with E-state index in [9.17, 15) is 9.59 Å². The lowest BCUT2D eigenvalue weighted by atomic mass is 10.1. The Morgan fingerprint density at radius 2 is 1.84 bits per heavy atom. The molecule has 0 saturated carbocycles. The standard InChI is InChI=1S/C24H15BrClNO5/c1-30-17-9-6-14(7-10-17)23(28)31-21-11-8-16(25)12-15(21)13-20-24(29)32-22(27-20)18-4-2-3-5-19(18)26/h2-13H,1H3/b20-13-. The fourth-order valence-corrected chi connectivity index (χ4v) is 3.51. The topological polar surface area (TPSA) is 74.2 Å². The summed E-state index contributed by atoms with van der Waals surface area (Å²) in [5.41, 5.74) is 1.38. The van der Waals surface area contributed by atoms with Crippen molar-refractivity contribution in [2.24, 2.45) is 4.99 Å². The second-order valence-electron chi connectivity index (χ2n) is 6.62.